The van der Waals surface area contributed by atoms with E-state index in [4.69, 9.17) is 87.9 Å². The summed E-state index contributed by atoms with van der Waals surface area (Å²) in [5.74, 6) is -16.8. The zero-order chi connectivity index (χ0) is 92.2. The lowest BCUT2D eigenvalue weighted by atomic mass is 9.89. The number of phenols is 4. The number of benzene rings is 7. The SMILES string of the molecule is CN[C@H](C(=O)N[C@H]1C(=O)N[C@@H](c2ccc(O)c(Cl)c2)C(=O)N[C@H]2C(=O)N[C@@H]3C(=O)N[C@H](C(=O)N[C@H](C(=O)O)c4cc(O)cc(O)c4-c4cc3ccc4O)[C@@H](O[C@H]3C[C@@H](N)[C@@H](O)[C@@H](C)O3)c3ccc(c(Cl)c3)Oc3cc2cc(c3O[C@@H]2O[C@H](CO)[C@H](O)[C@H](O)[C@H]2O)Oc2ccc(cc2Cl)[C@H]1O[C@H]1O[C@H](CO)[C@@H](O)[C@@H](O)[C@@H]1O)c1ccc(O[C@@H]2O[C@@H](C)[C@@H](O)[C@H](O)[C@H]2O)cc1. The molecule has 128 heavy (non-hydrogen) atoms. The van der Waals surface area contributed by atoms with Gasteiger partial charge in [-0.1, -0.05) is 71.2 Å². The predicted octanol–water partition coefficient (Wildman–Crippen LogP) is -1.07. The van der Waals surface area contributed by atoms with Crippen LogP contribution in [0.15, 0.2) is 121 Å². The Kier molecular flexibility index (Phi) is 28.1. The molecule has 9 aliphatic rings. The number of carbonyl (C=O) groups excluding carboxylic acids is 6. The number of carbonyl (C=O) groups is 7. The molecule has 0 aromatic heterocycles. The van der Waals surface area contributed by atoms with Crippen molar-refractivity contribution in [1.29, 1.82) is 0 Å². The normalized spacial score (nSPS) is 32.3. The number of carboxylic acids is 1. The fraction of sp³-hybridized carbons (Fsp3) is 0.410. The van der Waals surface area contributed by atoms with E-state index in [1.807, 2.05) is 0 Å². The van der Waals surface area contributed by atoms with Gasteiger partial charge in [-0.25, -0.2) is 4.79 Å². The van der Waals surface area contributed by atoms with Gasteiger partial charge in [0, 0.05) is 35.2 Å². The van der Waals surface area contributed by atoms with E-state index in [1.54, 1.807) is 0 Å². The maximum atomic E-state index is 16.7. The number of fused-ring (bicyclic) bond motifs is 15. The number of aliphatic hydroxyl groups excluding tert-OH is 12. The second-order valence-electron chi connectivity index (χ2n) is 31.3. The van der Waals surface area contributed by atoms with E-state index in [9.17, 15) is 91.6 Å². The van der Waals surface area contributed by atoms with Crippen LogP contribution in [0.5, 0.6) is 57.5 Å². The summed E-state index contributed by atoms with van der Waals surface area (Å²) >= 11 is 21.3. The van der Waals surface area contributed by atoms with Crippen LogP contribution < -0.4 is 61.9 Å². The van der Waals surface area contributed by atoms with Gasteiger partial charge in [0.2, 0.25) is 53.8 Å². The molecule has 7 aromatic rings. The van der Waals surface area contributed by atoms with Gasteiger partial charge in [0.05, 0.1) is 46.6 Å². The van der Waals surface area contributed by atoms with Crippen molar-refractivity contribution in [3.05, 3.63) is 175 Å². The number of amides is 6. The Morgan fingerprint density at radius 3 is 1.56 bits per heavy atom. The van der Waals surface area contributed by atoms with Crippen LogP contribution in [0.3, 0.4) is 0 Å². The first-order valence-corrected chi connectivity index (χ1v) is 40.8. The zero-order valence-corrected chi connectivity index (χ0v) is 69.4. The van der Waals surface area contributed by atoms with Crippen molar-refractivity contribution in [3.8, 4) is 68.6 Å². The Morgan fingerprint density at radius 1 is 0.492 bits per heavy atom. The van der Waals surface area contributed by atoms with E-state index < -0.39 is 326 Å². The third-order valence-corrected chi connectivity index (χ3v) is 23.7. The second-order valence-corrected chi connectivity index (χ2v) is 32.5. The smallest absolute Gasteiger partial charge is 0.330 e. The third kappa shape index (κ3) is 19.0. The lowest BCUT2D eigenvalue weighted by molar-refractivity contribution is -0.313. The summed E-state index contributed by atoms with van der Waals surface area (Å²) in [6.45, 7) is 0.761. The molecule has 9 aliphatic heterocycles. The second kappa shape index (κ2) is 38.5. The topological polar surface area (TPSA) is 666 Å². The maximum absolute atomic E-state index is 16.7. The third-order valence-electron chi connectivity index (χ3n) is 22.8. The lowest BCUT2D eigenvalue weighted by Crippen LogP contribution is -2.61. The van der Waals surface area contributed by atoms with Gasteiger partial charge in [-0.2, -0.15) is 0 Å². The number of hydrogen-bond donors (Lipinski definition) is 25. The molecule has 0 aliphatic carbocycles. The molecule has 0 radical (unpaired) electrons. The van der Waals surface area contributed by atoms with Gasteiger partial charge < -0.3 is 177 Å². The number of hydrogen-bond acceptors (Lipinski definition) is 35. The van der Waals surface area contributed by atoms with E-state index in [0.717, 1.165) is 91.0 Å². The van der Waals surface area contributed by atoms with Gasteiger partial charge in [-0.05, 0) is 133 Å². The minimum absolute atomic E-state index is 0.0121. The highest BCUT2D eigenvalue weighted by molar-refractivity contribution is 6.33. The Balaban J connectivity index is 0.993. The largest absolute Gasteiger partial charge is 0.508 e. The minimum Gasteiger partial charge on any atom is -0.508 e. The molecule has 9 heterocycles. The van der Waals surface area contributed by atoms with E-state index >= 15 is 28.8 Å². The minimum atomic E-state index is -2.50. The fourth-order valence-corrected chi connectivity index (χ4v) is 16.4. The number of aliphatic carboxylic acids is 1. The van der Waals surface area contributed by atoms with Crippen molar-refractivity contribution < 1.29 is 168 Å². The average molecular weight is 1850 g/mol. The summed E-state index contributed by atoms with van der Waals surface area (Å²) < 4.78 is 62.3. The first kappa shape index (κ1) is 93.4. The number of rotatable bonds is 16. The van der Waals surface area contributed by atoms with Crippen molar-refractivity contribution in [2.24, 2.45) is 5.73 Å². The highest BCUT2D eigenvalue weighted by Gasteiger charge is 2.52. The van der Waals surface area contributed by atoms with Crippen molar-refractivity contribution >= 4 is 76.2 Å². The number of nitrogens with two attached hydrogens (primary N) is 1. The molecule has 28 atom stereocenters. The standard InChI is InChI=1S/C83H89Cl3N8O34/c1-27-61(101)42(87)24-52(119-27)126-71-32-8-14-46(40(85)18-32)122-48-20-34-21-49(73(48)128-83-70(110)67(107)64(104)51(26-96)125-83)123-47-15-9-33(19-41(47)86)72(127-82-69(109)66(106)63(103)50(25-95)124-82)60(93-74(111)54(88-3)29-4-10-36(11-5-29)121-81-68(108)65(105)62(102)28(2)120-81)78(115)90-56(31-7-13-44(99)39(84)17-31)75(112)91-57(34)77(114)89-55-30-6-12-43(98)37(16-30)53-38(22-35(97)23-45(53)100)58(80(117)118)92-79(116)59(71)94-76(55)113/h4-23,27-28,42,50-52,54-72,81-83,88,95-110H,24-26,87H2,1-3H3,(H,89,114)(H,90,115)(H,91,112)(H,92,116)(H,93,111)(H,94,113)(H,117,118)/t27-,28+,42-,50-,51-,52+,54+,55+,56+,57-,58+,59+,60-,61+,62-,63-,64+,65+,66-,67+,68-,69+,70-,71+,72-,81+,82-,83+/m1/s1. The Morgan fingerprint density at radius 2 is 1.00 bits per heavy atom. The Bertz CT molecular complexity index is 5350. The van der Waals surface area contributed by atoms with Crippen LogP contribution in [0.25, 0.3) is 11.1 Å². The molecule has 42 nitrogen and oxygen atoms in total. The predicted molar refractivity (Wildman–Crippen MR) is 434 cm³/mol. The summed E-state index contributed by atoms with van der Waals surface area (Å²) in [6, 6.07) is 4.70. The monoisotopic (exact) mass is 1850 g/mol. The molecule has 7 aromatic carbocycles. The number of phenolic OH excluding ortho intramolecular Hbond substituents is 4. The molecule has 686 valence electrons. The Labute approximate surface area is 739 Å². The molecular weight excluding hydrogens is 1760 g/mol. The van der Waals surface area contributed by atoms with Gasteiger partial charge in [-0.15, -0.1) is 0 Å². The van der Waals surface area contributed by atoms with Gasteiger partial charge in [0.15, 0.2) is 30.1 Å². The number of halogens is 3. The number of ether oxygens (including phenoxy) is 10. The van der Waals surface area contributed by atoms with Crippen molar-refractivity contribution in [3.63, 3.8) is 0 Å². The molecule has 6 amide bonds. The summed E-state index contributed by atoms with van der Waals surface area (Å²) in [6.07, 6.45) is -37.0. The highest BCUT2D eigenvalue weighted by Crippen LogP contribution is 2.51. The van der Waals surface area contributed by atoms with Gasteiger partial charge in [0.1, 0.15) is 156 Å². The van der Waals surface area contributed by atoms with E-state index in [1.165, 1.54) is 51.2 Å². The number of carboxylic acid groups (broad SMARTS) is 1. The summed E-state index contributed by atoms with van der Waals surface area (Å²) in [5, 5.41) is 206. The van der Waals surface area contributed by atoms with Crippen molar-refractivity contribution in [2.75, 3.05) is 20.3 Å². The molecule has 0 saturated carbocycles. The lowest BCUT2D eigenvalue weighted by Gasteiger charge is -2.42. The van der Waals surface area contributed by atoms with E-state index in [-0.39, 0.29) is 28.9 Å². The summed E-state index contributed by atoms with van der Waals surface area (Å²) in [7, 11) is 1.31. The van der Waals surface area contributed by atoms with Crippen molar-refractivity contribution in [2.45, 2.75) is 191 Å². The van der Waals surface area contributed by atoms with Gasteiger partial charge in [-0.3, -0.25) is 28.8 Å². The quantitative estimate of drug-likeness (QED) is 0.0548. The number of aliphatic hydroxyl groups is 12. The molecule has 0 unspecified atom stereocenters. The van der Waals surface area contributed by atoms with Gasteiger partial charge in [0.25, 0.3) is 0 Å². The molecule has 11 bridgehead atoms. The average Bonchev–Trinajstić information content (AvgIpc) is 0.760. The molecular formula is C83H89Cl3N8O34. The highest BCUT2D eigenvalue weighted by atomic mass is 35.5. The van der Waals surface area contributed by atoms with Crippen LogP contribution in [-0.4, -0.2) is 277 Å². The summed E-state index contributed by atoms with van der Waals surface area (Å²) in [5.41, 5.74) is 2.89. The molecule has 45 heteroatoms. The molecule has 0 spiro atoms. The molecule has 26 N–H and O–H groups in total. The van der Waals surface area contributed by atoms with Crippen LogP contribution in [0, 0.1) is 0 Å². The van der Waals surface area contributed by atoms with E-state index in [0.29, 0.717) is 0 Å². The first-order chi connectivity index (χ1) is 60.8. The van der Waals surface area contributed by atoms with Crippen LogP contribution in [0.2, 0.25) is 15.1 Å². The Hall–Kier alpha value is -10.7. The van der Waals surface area contributed by atoms with Crippen LogP contribution in [0.4, 0.5) is 0 Å². The number of nitrogens with one attached hydrogen (secondary N) is 7. The zero-order valence-electron chi connectivity index (χ0n) is 67.1. The number of likely N-dealkylation sites (N-methyl/N-ethyl adjacent to an activating group) is 1. The molecule has 4 fully saturated rings. The van der Waals surface area contributed by atoms with Crippen LogP contribution in [0.1, 0.15) is 102 Å². The molecule has 4 saturated heterocycles. The van der Waals surface area contributed by atoms with E-state index in [2.05, 4.69) is 37.2 Å². The van der Waals surface area contributed by atoms with Crippen LogP contribution >= 0.6 is 34.8 Å². The maximum Gasteiger partial charge on any atom is 0.330 e. The van der Waals surface area contributed by atoms with Crippen LogP contribution in [-0.2, 0) is 62.0 Å². The summed E-state index contributed by atoms with van der Waals surface area (Å²) in [4.78, 5) is 111. The van der Waals surface area contributed by atoms with Gasteiger partial charge >= 0.3 is 5.97 Å². The molecule has 16 rings (SSSR count). The van der Waals surface area contributed by atoms with Crippen molar-refractivity contribution in [1.82, 2.24) is 37.2 Å². The first-order valence-electron chi connectivity index (χ1n) is 39.7. The number of aromatic hydroxyl groups is 4. The fourth-order valence-electron chi connectivity index (χ4n) is 15.8.